The molecule has 0 fully saturated rings. The van der Waals surface area contributed by atoms with Gasteiger partial charge in [0.1, 0.15) is 6.23 Å². The van der Waals surface area contributed by atoms with Crippen LogP contribution in [0.4, 0.5) is 0 Å². The lowest BCUT2D eigenvalue weighted by atomic mass is 10.2. The van der Waals surface area contributed by atoms with Crippen LogP contribution in [-0.4, -0.2) is 19.2 Å². The van der Waals surface area contributed by atoms with Crippen molar-refractivity contribution in [1.82, 2.24) is 4.72 Å². The monoisotopic (exact) mass is 245 g/mol. The molecule has 5 nitrogen and oxygen atoms in total. The molecule has 1 aromatic carbocycles. The number of nitrogens with one attached hydrogen (secondary N) is 1. The molecule has 0 radical (unpaired) electrons. The molecule has 0 aliphatic rings. The molecule has 2 N–H and O–H groups in total. The third kappa shape index (κ3) is 5.22. The van der Waals surface area contributed by atoms with Crippen molar-refractivity contribution < 1.29 is 17.7 Å². The highest BCUT2D eigenvalue weighted by Crippen LogP contribution is 2.04. The van der Waals surface area contributed by atoms with Gasteiger partial charge in [-0.25, -0.2) is 0 Å². The normalized spacial score (nSPS) is 13.6. The first-order valence-corrected chi connectivity index (χ1v) is 6.35. The molecule has 0 bridgehead atoms. The Morgan fingerprint density at radius 1 is 1.38 bits per heavy atom. The Morgan fingerprint density at radius 2 is 2.00 bits per heavy atom. The minimum Gasteiger partial charge on any atom is -0.358 e. The predicted molar refractivity (Wildman–Crippen MR) is 60.0 cm³/mol. The molecule has 0 saturated carbocycles. The minimum absolute atomic E-state index is 0.294. The Hall–Kier alpha value is -0.950. The fourth-order valence-corrected chi connectivity index (χ4v) is 1.74. The first-order chi connectivity index (χ1) is 7.51. The third-order valence-corrected chi connectivity index (χ3v) is 2.51. The van der Waals surface area contributed by atoms with Crippen LogP contribution in [-0.2, 0) is 21.6 Å². The SMILES string of the molecule is CCC(NS(=O)(=O)O)OCc1ccccc1. The van der Waals surface area contributed by atoms with Gasteiger partial charge in [0, 0.05) is 0 Å². The Labute approximate surface area is 95.3 Å². The summed E-state index contributed by atoms with van der Waals surface area (Å²) in [5.74, 6) is 0. The second-order valence-corrected chi connectivity index (χ2v) is 4.47. The maximum atomic E-state index is 10.6. The van der Waals surface area contributed by atoms with Crippen LogP contribution in [0.5, 0.6) is 0 Å². The van der Waals surface area contributed by atoms with Crippen molar-refractivity contribution in [2.75, 3.05) is 0 Å². The van der Waals surface area contributed by atoms with E-state index in [1.165, 1.54) is 0 Å². The van der Waals surface area contributed by atoms with Gasteiger partial charge in [-0.05, 0) is 12.0 Å². The molecule has 0 heterocycles. The van der Waals surface area contributed by atoms with Crippen LogP contribution in [0, 0.1) is 0 Å². The summed E-state index contributed by atoms with van der Waals surface area (Å²) in [7, 11) is -4.21. The van der Waals surface area contributed by atoms with E-state index in [1.54, 1.807) is 6.92 Å². The van der Waals surface area contributed by atoms with Gasteiger partial charge in [0.25, 0.3) is 0 Å². The highest BCUT2D eigenvalue weighted by molar-refractivity contribution is 7.83. The molecule has 0 aromatic heterocycles. The van der Waals surface area contributed by atoms with E-state index in [9.17, 15) is 8.42 Å². The number of benzene rings is 1. The van der Waals surface area contributed by atoms with E-state index in [-0.39, 0.29) is 0 Å². The lowest BCUT2D eigenvalue weighted by Crippen LogP contribution is -2.35. The Morgan fingerprint density at radius 3 is 2.50 bits per heavy atom. The summed E-state index contributed by atoms with van der Waals surface area (Å²) in [6, 6.07) is 9.38. The first-order valence-electron chi connectivity index (χ1n) is 4.91. The highest BCUT2D eigenvalue weighted by Gasteiger charge is 2.13. The van der Waals surface area contributed by atoms with Gasteiger partial charge >= 0.3 is 10.3 Å². The summed E-state index contributed by atoms with van der Waals surface area (Å²) in [5.41, 5.74) is 0.943. The summed E-state index contributed by atoms with van der Waals surface area (Å²) >= 11 is 0. The van der Waals surface area contributed by atoms with Gasteiger partial charge in [-0.1, -0.05) is 37.3 Å². The standard InChI is InChI=1S/C10H15NO4S/c1-2-10(11-16(12,13)14)15-8-9-6-4-3-5-7-9/h3-7,10-11H,2,8H2,1H3,(H,12,13,14). The van der Waals surface area contributed by atoms with Crippen molar-refractivity contribution in [3.05, 3.63) is 35.9 Å². The summed E-state index contributed by atoms with van der Waals surface area (Å²) < 4.78 is 37.0. The first kappa shape index (κ1) is 13.1. The topological polar surface area (TPSA) is 75.6 Å². The largest absolute Gasteiger partial charge is 0.358 e. The molecule has 1 rings (SSSR count). The van der Waals surface area contributed by atoms with Gasteiger partial charge in [0.15, 0.2) is 0 Å². The van der Waals surface area contributed by atoms with Crippen molar-refractivity contribution in [3.63, 3.8) is 0 Å². The van der Waals surface area contributed by atoms with Crippen molar-refractivity contribution in [2.24, 2.45) is 0 Å². The molecular formula is C10H15NO4S. The summed E-state index contributed by atoms with van der Waals surface area (Å²) in [6.07, 6.45) is -0.276. The van der Waals surface area contributed by atoms with E-state index >= 15 is 0 Å². The smallest absolute Gasteiger partial charge is 0.335 e. The zero-order valence-corrected chi connectivity index (χ0v) is 9.78. The maximum absolute atomic E-state index is 10.6. The van der Waals surface area contributed by atoms with Crippen LogP contribution in [0.2, 0.25) is 0 Å². The van der Waals surface area contributed by atoms with E-state index in [0.717, 1.165) is 5.56 Å². The van der Waals surface area contributed by atoms with Gasteiger partial charge in [-0.3, -0.25) is 4.55 Å². The molecule has 6 heteroatoms. The molecule has 1 unspecified atom stereocenters. The van der Waals surface area contributed by atoms with E-state index < -0.39 is 16.5 Å². The minimum atomic E-state index is -4.21. The van der Waals surface area contributed by atoms with Crippen LogP contribution in [0.1, 0.15) is 18.9 Å². The lowest BCUT2D eigenvalue weighted by Gasteiger charge is -2.15. The summed E-state index contributed by atoms with van der Waals surface area (Å²) in [4.78, 5) is 0. The molecule has 0 spiro atoms. The molecule has 1 atom stereocenters. The molecule has 90 valence electrons. The van der Waals surface area contributed by atoms with Crippen molar-refractivity contribution in [1.29, 1.82) is 0 Å². The van der Waals surface area contributed by atoms with Crippen molar-refractivity contribution in [3.8, 4) is 0 Å². The van der Waals surface area contributed by atoms with Gasteiger partial charge < -0.3 is 4.74 Å². The van der Waals surface area contributed by atoms with Crippen LogP contribution < -0.4 is 4.72 Å². The Balaban J connectivity index is 2.46. The summed E-state index contributed by atoms with van der Waals surface area (Å²) in [5, 5.41) is 0. The third-order valence-electron chi connectivity index (χ3n) is 1.95. The Bertz CT molecular complexity index is 404. The molecule has 0 saturated heterocycles. The van der Waals surface area contributed by atoms with Crippen LogP contribution >= 0.6 is 0 Å². The average Bonchev–Trinajstić information content (AvgIpc) is 2.24. The number of hydrogen-bond donors (Lipinski definition) is 2. The van der Waals surface area contributed by atoms with E-state index in [1.807, 2.05) is 35.1 Å². The molecule has 1 aromatic rings. The number of ether oxygens (including phenoxy) is 1. The summed E-state index contributed by atoms with van der Waals surface area (Å²) in [6.45, 7) is 2.05. The fraction of sp³-hybridized carbons (Fsp3) is 0.400. The zero-order valence-electron chi connectivity index (χ0n) is 8.96. The molecule has 0 aliphatic heterocycles. The fourth-order valence-electron chi connectivity index (χ4n) is 1.17. The van der Waals surface area contributed by atoms with Crippen LogP contribution in [0.3, 0.4) is 0 Å². The van der Waals surface area contributed by atoms with Gasteiger partial charge in [-0.15, -0.1) is 0 Å². The van der Waals surface area contributed by atoms with Gasteiger partial charge in [-0.2, -0.15) is 13.1 Å². The van der Waals surface area contributed by atoms with Gasteiger partial charge in [0.2, 0.25) is 0 Å². The molecule has 16 heavy (non-hydrogen) atoms. The lowest BCUT2D eigenvalue weighted by molar-refractivity contribution is 0.0294. The molecular weight excluding hydrogens is 230 g/mol. The predicted octanol–water partition coefficient (Wildman–Crippen LogP) is 1.33. The second-order valence-electron chi connectivity index (χ2n) is 3.29. The van der Waals surface area contributed by atoms with Crippen LogP contribution in [0.25, 0.3) is 0 Å². The molecule has 0 amide bonds. The van der Waals surface area contributed by atoms with Crippen molar-refractivity contribution in [2.45, 2.75) is 26.2 Å². The maximum Gasteiger partial charge on any atom is 0.335 e. The highest BCUT2D eigenvalue weighted by atomic mass is 32.2. The number of hydrogen-bond acceptors (Lipinski definition) is 3. The molecule has 0 aliphatic carbocycles. The zero-order chi connectivity index (χ0) is 12.0. The number of rotatable bonds is 6. The average molecular weight is 245 g/mol. The Kier molecular flexibility index (Phi) is 4.88. The quantitative estimate of drug-likeness (QED) is 0.585. The van der Waals surface area contributed by atoms with E-state index in [4.69, 9.17) is 9.29 Å². The second kappa shape index (κ2) is 5.95. The van der Waals surface area contributed by atoms with Crippen LogP contribution in [0.15, 0.2) is 30.3 Å². The van der Waals surface area contributed by atoms with Crippen molar-refractivity contribution >= 4 is 10.3 Å². The van der Waals surface area contributed by atoms with Gasteiger partial charge in [0.05, 0.1) is 6.61 Å². The van der Waals surface area contributed by atoms with E-state index in [2.05, 4.69) is 0 Å². The van der Waals surface area contributed by atoms with E-state index in [0.29, 0.717) is 13.0 Å².